The number of hydrogen-bond acceptors (Lipinski definition) is 2. The summed E-state index contributed by atoms with van der Waals surface area (Å²) < 4.78 is 13.9. The second kappa shape index (κ2) is 6.83. The maximum absolute atomic E-state index is 13.3. The number of nitrogens with one attached hydrogen (secondary N) is 1. The Hall–Kier alpha value is -1.72. The molecule has 110 valence electrons. The van der Waals surface area contributed by atoms with Crippen molar-refractivity contribution in [3.05, 3.63) is 63.9 Å². The lowest BCUT2D eigenvalue weighted by atomic mass is 10.1. The van der Waals surface area contributed by atoms with Crippen LogP contribution in [0.1, 0.15) is 15.9 Å². The van der Waals surface area contributed by atoms with E-state index in [0.717, 1.165) is 12.1 Å². The van der Waals surface area contributed by atoms with Gasteiger partial charge in [-0.05, 0) is 50.0 Å². The number of amides is 1. The minimum absolute atomic E-state index is 0.278. The van der Waals surface area contributed by atoms with Crippen molar-refractivity contribution in [2.45, 2.75) is 6.54 Å². The van der Waals surface area contributed by atoms with E-state index in [2.05, 4.69) is 21.2 Å². The molecule has 0 aliphatic carbocycles. The summed E-state index contributed by atoms with van der Waals surface area (Å²) >= 11 is 3.18. The lowest BCUT2D eigenvalue weighted by molar-refractivity contribution is 0.102. The molecule has 0 bridgehead atoms. The van der Waals surface area contributed by atoms with E-state index < -0.39 is 5.82 Å². The second-order valence-electron chi connectivity index (χ2n) is 5.05. The lowest BCUT2D eigenvalue weighted by Crippen LogP contribution is -2.13. The van der Waals surface area contributed by atoms with Gasteiger partial charge in [0, 0.05) is 22.3 Å². The zero-order valence-electron chi connectivity index (χ0n) is 11.9. The zero-order chi connectivity index (χ0) is 15.4. The van der Waals surface area contributed by atoms with Crippen LogP contribution in [0.25, 0.3) is 0 Å². The molecule has 0 radical (unpaired) electrons. The van der Waals surface area contributed by atoms with Crippen LogP contribution in [-0.4, -0.2) is 24.9 Å². The summed E-state index contributed by atoms with van der Waals surface area (Å²) in [5, 5.41) is 2.78. The van der Waals surface area contributed by atoms with Gasteiger partial charge >= 0.3 is 0 Å². The quantitative estimate of drug-likeness (QED) is 0.906. The van der Waals surface area contributed by atoms with E-state index >= 15 is 0 Å². The highest BCUT2D eigenvalue weighted by molar-refractivity contribution is 9.10. The van der Waals surface area contributed by atoms with Gasteiger partial charge < -0.3 is 10.2 Å². The van der Waals surface area contributed by atoms with Crippen LogP contribution in [0.5, 0.6) is 0 Å². The number of carbonyl (C=O) groups excluding carboxylic acids is 1. The van der Waals surface area contributed by atoms with Crippen LogP contribution in [0.2, 0.25) is 0 Å². The van der Waals surface area contributed by atoms with Gasteiger partial charge in [0.2, 0.25) is 0 Å². The highest BCUT2D eigenvalue weighted by Crippen LogP contribution is 2.17. The summed E-state index contributed by atoms with van der Waals surface area (Å²) in [5.41, 5.74) is 2.07. The fourth-order valence-electron chi connectivity index (χ4n) is 2.00. The van der Waals surface area contributed by atoms with Gasteiger partial charge in [-0.3, -0.25) is 4.79 Å². The molecule has 0 heterocycles. The molecule has 0 fully saturated rings. The topological polar surface area (TPSA) is 32.3 Å². The Balaban J connectivity index is 2.15. The summed E-state index contributed by atoms with van der Waals surface area (Å²) in [5.74, 6) is -0.784. The van der Waals surface area contributed by atoms with E-state index in [9.17, 15) is 9.18 Å². The van der Waals surface area contributed by atoms with E-state index in [0.29, 0.717) is 10.2 Å². The van der Waals surface area contributed by atoms with Gasteiger partial charge in [0.25, 0.3) is 5.91 Å². The molecule has 0 unspecified atom stereocenters. The molecule has 2 rings (SSSR count). The van der Waals surface area contributed by atoms with Crippen LogP contribution in [-0.2, 0) is 6.54 Å². The Morgan fingerprint density at radius 1 is 1.24 bits per heavy atom. The van der Waals surface area contributed by atoms with Gasteiger partial charge in [-0.25, -0.2) is 4.39 Å². The second-order valence-corrected chi connectivity index (χ2v) is 5.97. The molecule has 3 nitrogen and oxygen atoms in total. The Morgan fingerprint density at radius 3 is 2.67 bits per heavy atom. The molecule has 0 atom stereocenters. The van der Waals surface area contributed by atoms with E-state index in [1.807, 2.05) is 43.3 Å². The fourth-order valence-corrected chi connectivity index (χ4v) is 2.47. The third-order valence-electron chi connectivity index (χ3n) is 2.81. The summed E-state index contributed by atoms with van der Waals surface area (Å²) in [6, 6.07) is 11.7. The predicted molar refractivity (Wildman–Crippen MR) is 85.9 cm³/mol. The number of nitrogens with zero attached hydrogens (tertiary/aromatic N) is 1. The molecule has 0 saturated heterocycles. The van der Waals surface area contributed by atoms with Crippen molar-refractivity contribution in [1.29, 1.82) is 0 Å². The molecule has 1 N–H and O–H groups in total. The van der Waals surface area contributed by atoms with Crippen LogP contribution < -0.4 is 5.32 Å². The van der Waals surface area contributed by atoms with E-state index in [4.69, 9.17) is 0 Å². The first-order chi connectivity index (χ1) is 9.94. The Morgan fingerprint density at radius 2 is 2.00 bits per heavy atom. The predicted octanol–water partition coefficient (Wildman–Crippen LogP) is 3.90. The van der Waals surface area contributed by atoms with Crippen LogP contribution >= 0.6 is 15.9 Å². The molecule has 21 heavy (non-hydrogen) atoms. The van der Waals surface area contributed by atoms with Gasteiger partial charge in [-0.1, -0.05) is 28.1 Å². The molecule has 1 amide bonds. The standard InChI is InChI=1S/C16H16BrFN2O/c1-20(2)10-11-4-3-5-15(6-11)19-16(21)12-7-13(17)9-14(18)8-12/h3-9H,10H2,1-2H3,(H,19,21). The smallest absolute Gasteiger partial charge is 0.255 e. The average molecular weight is 351 g/mol. The van der Waals surface area contributed by atoms with E-state index in [-0.39, 0.29) is 11.5 Å². The van der Waals surface area contributed by atoms with Crippen molar-refractivity contribution >= 4 is 27.5 Å². The normalized spacial score (nSPS) is 10.7. The van der Waals surface area contributed by atoms with Crippen LogP contribution in [0.4, 0.5) is 10.1 Å². The van der Waals surface area contributed by atoms with Gasteiger partial charge in [0.15, 0.2) is 0 Å². The fraction of sp³-hybridized carbons (Fsp3) is 0.188. The van der Waals surface area contributed by atoms with Gasteiger partial charge in [-0.15, -0.1) is 0 Å². The van der Waals surface area contributed by atoms with Crippen LogP contribution in [0.3, 0.4) is 0 Å². The maximum Gasteiger partial charge on any atom is 0.255 e. The van der Waals surface area contributed by atoms with Crippen molar-refractivity contribution in [3.8, 4) is 0 Å². The number of benzene rings is 2. The zero-order valence-corrected chi connectivity index (χ0v) is 13.4. The van der Waals surface area contributed by atoms with Gasteiger partial charge in [-0.2, -0.15) is 0 Å². The molecule has 0 spiro atoms. The van der Waals surface area contributed by atoms with Crippen molar-refractivity contribution in [3.63, 3.8) is 0 Å². The minimum Gasteiger partial charge on any atom is -0.322 e. The molecular formula is C16H16BrFN2O. The highest BCUT2D eigenvalue weighted by Gasteiger charge is 2.09. The number of halogens is 2. The molecule has 0 aromatic heterocycles. The monoisotopic (exact) mass is 350 g/mol. The minimum atomic E-state index is -0.448. The first-order valence-corrected chi connectivity index (χ1v) is 7.24. The van der Waals surface area contributed by atoms with Crippen molar-refractivity contribution in [1.82, 2.24) is 4.90 Å². The Kier molecular flexibility index (Phi) is 5.09. The first-order valence-electron chi connectivity index (χ1n) is 6.45. The third kappa shape index (κ3) is 4.65. The molecular weight excluding hydrogens is 335 g/mol. The van der Waals surface area contributed by atoms with Crippen LogP contribution in [0, 0.1) is 5.82 Å². The van der Waals surface area contributed by atoms with Crippen molar-refractivity contribution < 1.29 is 9.18 Å². The molecule has 0 aliphatic heterocycles. The molecule has 0 saturated carbocycles. The Bertz CT molecular complexity index is 638. The van der Waals surface area contributed by atoms with Crippen molar-refractivity contribution in [2.24, 2.45) is 0 Å². The number of rotatable bonds is 4. The highest BCUT2D eigenvalue weighted by atomic mass is 79.9. The number of anilines is 1. The molecule has 2 aromatic carbocycles. The summed E-state index contributed by atoms with van der Waals surface area (Å²) in [7, 11) is 3.96. The third-order valence-corrected chi connectivity index (χ3v) is 3.27. The maximum atomic E-state index is 13.3. The summed E-state index contributed by atoms with van der Waals surface area (Å²) in [6.45, 7) is 0.787. The van der Waals surface area contributed by atoms with Gasteiger partial charge in [0.1, 0.15) is 5.82 Å². The number of hydrogen-bond donors (Lipinski definition) is 1. The van der Waals surface area contributed by atoms with E-state index in [1.54, 1.807) is 6.07 Å². The molecule has 2 aromatic rings. The molecule has 5 heteroatoms. The van der Waals surface area contributed by atoms with Gasteiger partial charge in [0.05, 0.1) is 0 Å². The SMILES string of the molecule is CN(C)Cc1cccc(NC(=O)c2cc(F)cc(Br)c2)c1. The lowest BCUT2D eigenvalue weighted by Gasteiger charge is -2.11. The largest absolute Gasteiger partial charge is 0.322 e. The van der Waals surface area contributed by atoms with Crippen LogP contribution in [0.15, 0.2) is 46.9 Å². The average Bonchev–Trinajstić information content (AvgIpc) is 2.37. The summed E-state index contributed by atoms with van der Waals surface area (Å²) in [6.07, 6.45) is 0. The first kappa shape index (κ1) is 15.7. The Labute approximate surface area is 131 Å². The van der Waals surface area contributed by atoms with Crippen molar-refractivity contribution in [2.75, 3.05) is 19.4 Å². The molecule has 0 aliphatic rings. The van der Waals surface area contributed by atoms with E-state index in [1.165, 1.54) is 12.1 Å². The number of carbonyl (C=O) groups is 1. The summed E-state index contributed by atoms with van der Waals surface area (Å²) in [4.78, 5) is 14.2.